The predicted molar refractivity (Wildman–Crippen MR) is 118 cm³/mol. The third kappa shape index (κ3) is 2.79. The van der Waals surface area contributed by atoms with Gasteiger partial charge in [-0.25, -0.2) is 9.36 Å². The van der Waals surface area contributed by atoms with Gasteiger partial charge in [0.2, 0.25) is 0 Å². The van der Waals surface area contributed by atoms with Crippen molar-refractivity contribution >= 4 is 21.7 Å². The Morgan fingerprint density at radius 1 is 0.767 bits per heavy atom. The minimum atomic E-state index is -0.485. The van der Waals surface area contributed by atoms with Gasteiger partial charge in [0.25, 0.3) is 5.56 Å². The number of benzene rings is 4. The highest BCUT2D eigenvalue weighted by molar-refractivity contribution is 5.91. The molecule has 5 aromatic rings. The summed E-state index contributed by atoms with van der Waals surface area (Å²) in [5.74, 6) is 0. The van der Waals surface area contributed by atoms with Crippen molar-refractivity contribution in [1.82, 2.24) is 9.55 Å². The van der Waals surface area contributed by atoms with Crippen LogP contribution in [-0.2, 0) is 0 Å². The number of fused-ring (bicyclic) bond motifs is 2. The molecule has 5 rings (SSSR count). The van der Waals surface area contributed by atoms with E-state index in [0.29, 0.717) is 22.2 Å². The molecule has 0 saturated carbocycles. The van der Waals surface area contributed by atoms with E-state index in [4.69, 9.17) is 5.26 Å². The molecule has 5 heteroatoms. The smallest absolute Gasteiger partial charge is 0.306 e. The van der Waals surface area contributed by atoms with Gasteiger partial charge in [-0.3, -0.25) is 4.79 Å². The zero-order valence-corrected chi connectivity index (χ0v) is 15.8. The first-order chi connectivity index (χ1) is 14.7. The van der Waals surface area contributed by atoms with E-state index in [0.717, 1.165) is 21.9 Å². The van der Waals surface area contributed by atoms with Crippen LogP contribution in [0.5, 0.6) is 0 Å². The zero-order chi connectivity index (χ0) is 20.7. The molecule has 1 N–H and O–H groups in total. The van der Waals surface area contributed by atoms with Crippen LogP contribution in [0.4, 0.5) is 0 Å². The Kier molecular flexibility index (Phi) is 4.04. The first kappa shape index (κ1) is 17.7. The standard InChI is InChI=1S/C25H15N3O2/c26-15-16-8-10-17(11-9-16)19-12-13-21-22(14-19)27-25(30)28(24(21)29)23-7-3-5-18-4-1-2-6-20(18)23/h1-14H,(H,27,30). The van der Waals surface area contributed by atoms with E-state index in [1.807, 2.05) is 54.6 Å². The molecule has 30 heavy (non-hydrogen) atoms. The third-order valence-electron chi connectivity index (χ3n) is 5.25. The second kappa shape index (κ2) is 6.87. The number of aromatic nitrogens is 2. The first-order valence-electron chi connectivity index (χ1n) is 9.43. The Morgan fingerprint density at radius 2 is 1.50 bits per heavy atom. The Bertz CT molecular complexity index is 1580. The van der Waals surface area contributed by atoms with E-state index in [1.165, 1.54) is 4.57 Å². The molecule has 0 aliphatic carbocycles. The molecule has 0 fully saturated rings. The largest absolute Gasteiger partial charge is 0.333 e. The molecule has 1 aromatic heterocycles. The molecule has 1 heterocycles. The van der Waals surface area contributed by atoms with Crippen LogP contribution < -0.4 is 11.2 Å². The maximum Gasteiger partial charge on any atom is 0.333 e. The van der Waals surface area contributed by atoms with Gasteiger partial charge in [-0.1, -0.05) is 54.6 Å². The Labute approximate surface area is 171 Å². The normalized spacial score (nSPS) is 10.9. The molecular formula is C25H15N3O2. The number of hydrogen-bond acceptors (Lipinski definition) is 3. The Morgan fingerprint density at radius 3 is 2.30 bits per heavy atom. The van der Waals surface area contributed by atoms with Crippen molar-refractivity contribution in [2.45, 2.75) is 0 Å². The highest BCUT2D eigenvalue weighted by Gasteiger charge is 2.12. The molecule has 5 nitrogen and oxygen atoms in total. The van der Waals surface area contributed by atoms with Crippen molar-refractivity contribution in [3.8, 4) is 22.9 Å². The fourth-order valence-electron chi connectivity index (χ4n) is 3.76. The van der Waals surface area contributed by atoms with Gasteiger partial charge in [0, 0.05) is 5.39 Å². The van der Waals surface area contributed by atoms with E-state index in [-0.39, 0.29) is 5.56 Å². The van der Waals surface area contributed by atoms with Crippen molar-refractivity contribution in [3.63, 3.8) is 0 Å². The summed E-state index contributed by atoms with van der Waals surface area (Å²) in [6, 6.07) is 27.8. The summed E-state index contributed by atoms with van der Waals surface area (Å²) in [4.78, 5) is 29.0. The van der Waals surface area contributed by atoms with Crippen molar-refractivity contribution in [1.29, 1.82) is 5.26 Å². The maximum absolute atomic E-state index is 13.2. The van der Waals surface area contributed by atoms with Crippen molar-refractivity contribution in [2.75, 3.05) is 0 Å². The van der Waals surface area contributed by atoms with Crippen LogP contribution in [0.3, 0.4) is 0 Å². The van der Waals surface area contributed by atoms with Crippen LogP contribution in [0.25, 0.3) is 38.5 Å². The van der Waals surface area contributed by atoms with E-state index in [9.17, 15) is 9.59 Å². The number of nitrogens with one attached hydrogen (secondary N) is 1. The fraction of sp³-hybridized carbons (Fsp3) is 0. The summed E-state index contributed by atoms with van der Waals surface area (Å²) >= 11 is 0. The molecule has 0 atom stereocenters. The number of hydrogen-bond donors (Lipinski definition) is 1. The molecule has 0 aliphatic heterocycles. The van der Waals surface area contributed by atoms with E-state index in [2.05, 4.69) is 11.1 Å². The lowest BCUT2D eigenvalue weighted by molar-refractivity contribution is 0.908. The number of rotatable bonds is 2. The summed E-state index contributed by atoms with van der Waals surface area (Å²) in [6.07, 6.45) is 0. The molecule has 0 radical (unpaired) electrons. The first-order valence-corrected chi connectivity index (χ1v) is 9.43. The minimum Gasteiger partial charge on any atom is -0.306 e. The topological polar surface area (TPSA) is 78.7 Å². The summed E-state index contributed by atoms with van der Waals surface area (Å²) in [6.45, 7) is 0. The molecule has 142 valence electrons. The van der Waals surface area contributed by atoms with Crippen LogP contribution in [0.2, 0.25) is 0 Å². The third-order valence-corrected chi connectivity index (χ3v) is 5.25. The summed E-state index contributed by atoms with van der Waals surface area (Å²) in [7, 11) is 0. The molecule has 4 aromatic carbocycles. The van der Waals surface area contributed by atoms with Gasteiger partial charge in [-0.2, -0.15) is 5.26 Å². The number of H-pyrrole nitrogens is 1. The summed E-state index contributed by atoms with van der Waals surface area (Å²) < 4.78 is 1.19. The van der Waals surface area contributed by atoms with Crippen LogP contribution >= 0.6 is 0 Å². The molecule has 0 spiro atoms. The van der Waals surface area contributed by atoms with Crippen LogP contribution in [-0.4, -0.2) is 9.55 Å². The number of aromatic amines is 1. The van der Waals surface area contributed by atoms with Crippen LogP contribution in [0.1, 0.15) is 5.56 Å². The lowest BCUT2D eigenvalue weighted by atomic mass is 10.0. The van der Waals surface area contributed by atoms with E-state index < -0.39 is 5.69 Å². The van der Waals surface area contributed by atoms with Gasteiger partial charge in [0.15, 0.2) is 0 Å². The van der Waals surface area contributed by atoms with E-state index in [1.54, 1.807) is 30.3 Å². The summed E-state index contributed by atoms with van der Waals surface area (Å²) in [5.41, 5.74) is 2.50. The molecule has 0 saturated heterocycles. The second-order valence-corrected chi connectivity index (χ2v) is 7.02. The van der Waals surface area contributed by atoms with Crippen molar-refractivity contribution in [2.24, 2.45) is 0 Å². The molecule has 0 aliphatic rings. The number of nitrogens with zero attached hydrogens (tertiary/aromatic N) is 2. The minimum absolute atomic E-state index is 0.364. The number of nitriles is 1. The predicted octanol–water partition coefficient (Wildman–Crippen LogP) is 4.37. The molecule has 0 bridgehead atoms. The van der Waals surface area contributed by atoms with Gasteiger partial charge in [-0.05, 0) is 46.8 Å². The zero-order valence-electron chi connectivity index (χ0n) is 15.8. The van der Waals surface area contributed by atoms with Gasteiger partial charge >= 0.3 is 5.69 Å². The highest BCUT2D eigenvalue weighted by Crippen LogP contribution is 2.24. The Hall–Kier alpha value is -4.43. The SMILES string of the molecule is N#Cc1ccc(-c2ccc3c(=O)n(-c4cccc5ccccc45)c(=O)[nH]c3c2)cc1. The van der Waals surface area contributed by atoms with Crippen LogP contribution in [0.15, 0.2) is 94.5 Å². The highest BCUT2D eigenvalue weighted by atomic mass is 16.2. The summed E-state index contributed by atoms with van der Waals surface area (Å²) in [5, 5.41) is 11.2. The Balaban J connectivity index is 1.72. The fourth-order valence-corrected chi connectivity index (χ4v) is 3.76. The molecule has 0 unspecified atom stereocenters. The van der Waals surface area contributed by atoms with E-state index >= 15 is 0 Å². The van der Waals surface area contributed by atoms with Crippen molar-refractivity contribution < 1.29 is 0 Å². The van der Waals surface area contributed by atoms with Gasteiger partial charge in [0.1, 0.15) is 0 Å². The lowest BCUT2D eigenvalue weighted by Crippen LogP contribution is -2.33. The van der Waals surface area contributed by atoms with Gasteiger partial charge < -0.3 is 4.98 Å². The lowest BCUT2D eigenvalue weighted by Gasteiger charge is -2.10. The quantitative estimate of drug-likeness (QED) is 0.487. The van der Waals surface area contributed by atoms with Gasteiger partial charge in [-0.15, -0.1) is 0 Å². The molecular weight excluding hydrogens is 374 g/mol. The second-order valence-electron chi connectivity index (χ2n) is 7.02. The average Bonchev–Trinajstić information content (AvgIpc) is 2.79. The van der Waals surface area contributed by atoms with Gasteiger partial charge in [0.05, 0.1) is 28.2 Å². The molecule has 0 amide bonds. The average molecular weight is 389 g/mol. The van der Waals surface area contributed by atoms with Crippen LogP contribution in [0, 0.1) is 11.3 Å². The van der Waals surface area contributed by atoms with Crippen molar-refractivity contribution in [3.05, 3.63) is 111 Å². The monoisotopic (exact) mass is 389 g/mol. The maximum atomic E-state index is 13.2.